The number of fused-ring (bicyclic) bond motifs is 4. The Labute approximate surface area is 152 Å². The van der Waals surface area contributed by atoms with Crippen LogP contribution < -0.4 is 5.32 Å². The Kier molecular flexibility index (Phi) is 3.75. The first-order chi connectivity index (χ1) is 12.8. The zero-order valence-electron chi connectivity index (χ0n) is 14.6. The summed E-state index contributed by atoms with van der Waals surface area (Å²) >= 11 is 0. The summed E-state index contributed by atoms with van der Waals surface area (Å²) in [5.41, 5.74) is 3.66. The molecule has 4 heterocycles. The molecule has 0 radical (unpaired) electrons. The van der Waals surface area contributed by atoms with E-state index in [1.54, 1.807) is 0 Å². The van der Waals surface area contributed by atoms with Gasteiger partial charge in [-0.2, -0.15) is 5.10 Å². The van der Waals surface area contributed by atoms with Crippen LogP contribution in [0.2, 0.25) is 0 Å². The van der Waals surface area contributed by atoms with Gasteiger partial charge in [0.15, 0.2) is 5.69 Å². The number of carbonyl (C=O) groups excluding carboxylic acids is 1. The highest BCUT2D eigenvalue weighted by Gasteiger charge is 2.35. The minimum Gasteiger partial charge on any atom is -0.346 e. The minimum atomic E-state index is -0.0672. The van der Waals surface area contributed by atoms with Crippen LogP contribution >= 0.6 is 0 Å². The summed E-state index contributed by atoms with van der Waals surface area (Å²) in [5.74, 6) is 0.543. The van der Waals surface area contributed by atoms with E-state index >= 15 is 0 Å². The summed E-state index contributed by atoms with van der Waals surface area (Å²) in [5, 5.41) is 11.4. The monoisotopic (exact) mass is 346 g/mol. The van der Waals surface area contributed by atoms with Gasteiger partial charge >= 0.3 is 0 Å². The second-order valence-electron chi connectivity index (χ2n) is 7.42. The third-order valence-electron chi connectivity index (χ3n) is 5.86. The van der Waals surface area contributed by atoms with E-state index < -0.39 is 0 Å². The molecule has 3 aliphatic heterocycles. The maximum absolute atomic E-state index is 12.8. The lowest BCUT2D eigenvalue weighted by molar-refractivity contribution is 0.0618. The van der Waals surface area contributed by atoms with Crippen molar-refractivity contribution in [3.63, 3.8) is 0 Å². The number of carbonyl (C=O) groups is 1. The molecule has 1 atom stereocenters. The molecule has 3 aromatic rings. The van der Waals surface area contributed by atoms with Crippen molar-refractivity contribution in [3.8, 4) is 11.1 Å². The maximum Gasteiger partial charge on any atom is 0.272 e. The fourth-order valence-corrected chi connectivity index (χ4v) is 4.37. The van der Waals surface area contributed by atoms with Crippen LogP contribution in [0, 0.1) is 5.92 Å². The van der Waals surface area contributed by atoms with Crippen LogP contribution in [0.1, 0.15) is 23.3 Å². The summed E-state index contributed by atoms with van der Waals surface area (Å²) in [6.45, 7) is 3.31. The molecule has 0 saturated carbocycles. The molecule has 5 heteroatoms. The van der Waals surface area contributed by atoms with E-state index in [1.165, 1.54) is 25.9 Å². The molecule has 3 saturated heterocycles. The van der Waals surface area contributed by atoms with Crippen molar-refractivity contribution in [3.05, 3.63) is 54.2 Å². The molecule has 0 spiro atoms. The number of nitrogens with one attached hydrogen (secondary N) is 2. The largest absolute Gasteiger partial charge is 0.346 e. The van der Waals surface area contributed by atoms with Gasteiger partial charge in [0.05, 0.1) is 5.52 Å². The molecule has 1 aromatic heterocycles. The van der Waals surface area contributed by atoms with Gasteiger partial charge in [-0.3, -0.25) is 9.89 Å². The Morgan fingerprint density at radius 3 is 2.62 bits per heavy atom. The SMILES string of the molecule is O=C(N[C@H]1CN2CCC1CC2)c1n[nH]c2cc(-c3ccccc3)ccc12. The van der Waals surface area contributed by atoms with Gasteiger partial charge in [0.1, 0.15) is 0 Å². The zero-order valence-corrected chi connectivity index (χ0v) is 14.6. The minimum absolute atomic E-state index is 0.0672. The molecular formula is C21H22N4O. The summed E-state index contributed by atoms with van der Waals surface area (Å²) in [4.78, 5) is 15.3. The smallest absolute Gasteiger partial charge is 0.272 e. The fraction of sp³-hybridized carbons (Fsp3) is 0.333. The molecule has 1 amide bonds. The predicted octanol–water partition coefficient (Wildman–Crippen LogP) is 3.05. The van der Waals surface area contributed by atoms with E-state index in [1.807, 2.05) is 24.3 Å². The van der Waals surface area contributed by atoms with Crippen LogP contribution in [0.5, 0.6) is 0 Å². The fourth-order valence-electron chi connectivity index (χ4n) is 4.37. The first-order valence-electron chi connectivity index (χ1n) is 9.35. The van der Waals surface area contributed by atoms with Crippen molar-refractivity contribution in [1.82, 2.24) is 20.4 Å². The van der Waals surface area contributed by atoms with E-state index in [0.29, 0.717) is 11.6 Å². The molecule has 2 aromatic carbocycles. The molecule has 2 bridgehead atoms. The van der Waals surface area contributed by atoms with Crippen molar-refractivity contribution < 1.29 is 4.79 Å². The quantitative estimate of drug-likeness (QED) is 0.766. The van der Waals surface area contributed by atoms with Gasteiger partial charge < -0.3 is 10.2 Å². The van der Waals surface area contributed by atoms with Gasteiger partial charge in [-0.15, -0.1) is 0 Å². The van der Waals surface area contributed by atoms with Crippen LogP contribution in [0.25, 0.3) is 22.0 Å². The van der Waals surface area contributed by atoms with Crippen LogP contribution in [0.4, 0.5) is 0 Å². The Morgan fingerprint density at radius 1 is 1.08 bits per heavy atom. The maximum atomic E-state index is 12.8. The summed E-state index contributed by atoms with van der Waals surface area (Å²) in [6.07, 6.45) is 2.37. The lowest BCUT2D eigenvalue weighted by Gasteiger charge is -2.44. The van der Waals surface area contributed by atoms with Crippen molar-refractivity contribution in [2.24, 2.45) is 5.92 Å². The third-order valence-corrected chi connectivity index (χ3v) is 5.86. The molecular weight excluding hydrogens is 324 g/mol. The van der Waals surface area contributed by atoms with Crippen molar-refractivity contribution in [2.45, 2.75) is 18.9 Å². The van der Waals surface area contributed by atoms with Gasteiger partial charge in [0.25, 0.3) is 5.91 Å². The van der Waals surface area contributed by atoms with Crippen LogP contribution in [0.3, 0.4) is 0 Å². The molecule has 2 N–H and O–H groups in total. The molecule has 26 heavy (non-hydrogen) atoms. The number of hydrogen-bond acceptors (Lipinski definition) is 3. The Hall–Kier alpha value is -2.66. The van der Waals surface area contributed by atoms with Crippen LogP contribution in [0.15, 0.2) is 48.5 Å². The number of aromatic amines is 1. The number of aromatic nitrogens is 2. The normalized spacial score (nSPS) is 24.7. The van der Waals surface area contributed by atoms with E-state index in [2.05, 4.69) is 44.7 Å². The first kappa shape index (κ1) is 15.6. The number of piperidine rings is 3. The van der Waals surface area contributed by atoms with Gasteiger partial charge in [0.2, 0.25) is 0 Å². The van der Waals surface area contributed by atoms with Crippen molar-refractivity contribution >= 4 is 16.8 Å². The van der Waals surface area contributed by atoms with Gasteiger partial charge in [-0.25, -0.2) is 0 Å². The lowest BCUT2D eigenvalue weighted by Crippen LogP contribution is -2.57. The zero-order chi connectivity index (χ0) is 17.5. The average molecular weight is 346 g/mol. The lowest BCUT2D eigenvalue weighted by atomic mass is 9.84. The van der Waals surface area contributed by atoms with Crippen molar-refractivity contribution in [2.75, 3.05) is 19.6 Å². The Balaban J connectivity index is 1.40. The number of rotatable bonds is 3. The number of benzene rings is 2. The topological polar surface area (TPSA) is 61.0 Å². The Bertz CT molecular complexity index is 941. The second-order valence-corrected chi connectivity index (χ2v) is 7.42. The molecule has 132 valence electrons. The molecule has 3 aliphatic rings. The van der Waals surface area contributed by atoms with E-state index in [0.717, 1.165) is 28.6 Å². The van der Waals surface area contributed by atoms with E-state index in [4.69, 9.17) is 0 Å². The highest BCUT2D eigenvalue weighted by Crippen LogP contribution is 2.28. The summed E-state index contributed by atoms with van der Waals surface area (Å²) < 4.78 is 0. The number of H-pyrrole nitrogens is 1. The standard InChI is InChI=1S/C21H22N4O/c26-21(22-19-13-25-10-8-15(19)9-11-25)20-17-7-6-16(12-18(17)23-24-20)14-4-2-1-3-5-14/h1-7,12,15,19H,8-11,13H2,(H,22,26)(H,23,24)/t19-/m0/s1. The summed E-state index contributed by atoms with van der Waals surface area (Å²) in [7, 11) is 0. The van der Waals surface area contributed by atoms with Crippen LogP contribution in [-0.4, -0.2) is 46.7 Å². The highest BCUT2D eigenvalue weighted by atomic mass is 16.2. The Morgan fingerprint density at radius 2 is 1.88 bits per heavy atom. The van der Waals surface area contributed by atoms with E-state index in [9.17, 15) is 4.79 Å². The number of hydrogen-bond donors (Lipinski definition) is 2. The number of amides is 1. The molecule has 0 aliphatic carbocycles. The molecule has 3 fully saturated rings. The van der Waals surface area contributed by atoms with Crippen molar-refractivity contribution in [1.29, 1.82) is 0 Å². The van der Waals surface area contributed by atoms with E-state index in [-0.39, 0.29) is 11.9 Å². The summed E-state index contributed by atoms with van der Waals surface area (Å²) in [6, 6.07) is 16.6. The highest BCUT2D eigenvalue weighted by molar-refractivity contribution is 6.05. The van der Waals surface area contributed by atoms with Gasteiger partial charge in [0, 0.05) is 18.0 Å². The molecule has 6 rings (SSSR count). The predicted molar refractivity (Wildman–Crippen MR) is 102 cm³/mol. The van der Waals surface area contributed by atoms with Gasteiger partial charge in [-0.05, 0) is 55.1 Å². The number of nitrogens with zero attached hydrogens (tertiary/aromatic N) is 2. The average Bonchev–Trinajstić information content (AvgIpc) is 3.13. The van der Waals surface area contributed by atoms with Gasteiger partial charge in [-0.1, -0.05) is 36.4 Å². The second kappa shape index (κ2) is 6.25. The molecule has 0 unspecified atom stereocenters. The molecule has 5 nitrogen and oxygen atoms in total. The van der Waals surface area contributed by atoms with Crippen LogP contribution in [-0.2, 0) is 0 Å². The first-order valence-corrected chi connectivity index (χ1v) is 9.35. The third kappa shape index (κ3) is 2.69.